The Hall–Kier alpha value is -3.48. The van der Waals surface area contributed by atoms with Gasteiger partial charge in [-0.2, -0.15) is 5.10 Å². The number of para-hydroxylation sites is 1. The lowest BCUT2D eigenvalue weighted by Crippen LogP contribution is -2.34. The molecule has 0 unspecified atom stereocenters. The molecule has 0 aliphatic carbocycles. The Morgan fingerprint density at radius 3 is 2.80 bits per heavy atom. The quantitative estimate of drug-likeness (QED) is 0.611. The summed E-state index contributed by atoms with van der Waals surface area (Å²) in [6.07, 6.45) is 3.40. The molecule has 152 valence electrons. The van der Waals surface area contributed by atoms with Crippen molar-refractivity contribution in [3.05, 3.63) is 89.2 Å². The Labute approximate surface area is 172 Å². The van der Waals surface area contributed by atoms with E-state index in [-0.39, 0.29) is 6.04 Å². The van der Waals surface area contributed by atoms with Crippen LogP contribution in [0.25, 0.3) is 0 Å². The Morgan fingerprint density at radius 2 is 2.03 bits per heavy atom. The van der Waals surface area contributed by atoms with Crippen LogP contribution in [-0.4, -0.2) is 22.3 Å². The van der Waals surface area contributed by atoms with Crippen LogP contribution in [0.5, 0.6) is 11.5 Å². The van der Waals surface area contributed by atoms with Crippen molar-refractivity contribution in [3.8, 4) is 11.5 Å². The minimum Gasteiger partial charge on any atom is -0.490 e. The molecule has 0 saturated heterocycles. The number of fused-ring (bicyclic) bond motifs is 3. The molecular weight excluding hydrogens is 388 g/mol. The fourth-order valence-corrected chi connectivity index (χ4v) is 3.95. The third-order valence-electron chi connectivity index (χ3n) is 5.30. The minimum atomic E-state index is -0.924. The van der Waals surface area contributed by atoms with Crippen LogP contribution in [0.1, 0.15) is 42.3 Å². The standard InChI is InChI=1S/C23H19F2N3O2/c1-2-29-21-7-3-6-16-20-12-19(15-5-4-10-26-13-15)27-28(20)23(30-22(16)21)14-8-9-17(24)18(25)11-14/h3-11,13,20,23H,2,12H2,1H3/t20-,23-/m0/s1. The summed E-state index contributed by atoms with van der Waals surface area (Å²) in [7, 11) is 0. The number of halogens is 2. The molecule has 0 spiro atoms. The maximum absolute atomic E-state index is 14.0. The van der Waals surface area contributed by atoms with Gasteiger partial charge in [0.05, 0.1) is 18.4 Å². The van der Waals surface area contributed by atoms with Gasteiger partial charge in [0, 0.05) is 35.5 Å². The SMILES string of the molecule is CCOc1cccc2c1O[C@@H](c1ccc(F)c(F)c1)N1N=C(c3cccnc3)C[C@@H]21. The summed E-state index contributed by atoms with van der Waals surface area (Å²) < 4.78 is 39.6. The predicted molar refractivity (Wildman–Crippen MR) is 107 cm³/mol. The molecule has 0 radical (unpaired) electrons. The number of benzene rings is 2. The molecule has 0 N–H and O–H groups in total. The van der Waals surface area contributed by atoms with E-state index in [0.717, 1.165) is 29.0 Å². The molecule has 0 saturated carbocycles. The summed E-state index contributed by atoms with van der Waals surface area (Å²) in [5, 5.41) is 6.61. The predicted octanol–water partition coefficient (Wildman–Crippen LogP) is 5.00. The van der Waals surface area contributed by atoms with E-state index >= 15 is 0 Å². The summed E-state index contributed by atoms with van der Waals surface area (Å²) in [5.74, 6) is -0.593. The Morgan fingerprint density at radius 1 is 1.13 bits per heavy atom. The van der Waals surface area contributed by atoms with Crippen molar-refractivity contribution >= 4 is 5.71 Å². The van der Waals surface area contributed by atoms with Crippen molar-refractivity contribution in [2.75, 3.05) is 6.61 Å². The number of nitrogens with zero attached hydrogens (tertiary/aromatic N) is 3. The first kappa shape index (κ1) is 18.5. The van der Waals surface area contributed by atoms with Crippen LogP contribution < -0.4 is 9.47 Å². The van der Waals surface area contributed by atoms with Crippen molar-refractivity contribution in [2.45, 2.75) is 25.6 Å². The number of ether oxygens (including phenoxy) is 2. The van der Waals surface area contributed by atoms with E-state index in [9.17, 15) is 8.78 Å². The van der Waals surface area contributed by atoms with Gasteiger partial charge in [0.15, 0.2) is 23.1 Å². The number of rotatable bonds is 4. The van der Waals surface area contributed by atoms with E-state index in [4.69, 9.17) is 14.6 Å². The molecule has 1 aromatic heterocycles. The van der Waals surface area contributed by atoms with Gasteiger partial charge >= 0.3 is 0 Å². The Balaban J connectivity index is 1.63. The lowest BCUT2D eigenvalue weighted by molar-refractivity contribution is -0.0214. The van der Waals surface area contributed by atoms with Crippen molar-refractivity contribution in [2.24, 2.45) is 5.10 Å². The zero-order valence-electron chi connectivity index (χ0n) is 16.3. The monoisotopic (exact) mass is 407 g/mol. The van der Waals surface area contributed by atoms with Gasteiger partial charge in [-0.25, -0.2) is 13.8 Å². The highest BCUT2D eigenvalue weighted by molar-refractivity contribution is 6.01. The normalized spacial score (nSPS) is 19.6. The average molecular weight is 407 g/mol. The highest BCUT2D eigenvalue weighted by Gasteiger charge is 2.42. The second kappa shape index (κ2) is 7.40. The van der Waals surface area contributed by atoms with Gasteiger partial charge in [-0.1, -0.05) is 24.3 Å². The number of aromatic nitrogens is 1. The fraction of sp³-hybridized carbons (Fsp3) is 0.217. The van der Waals surface area contributed by atoms with Crippen molar-refractivity contribution < 1.29 is 18.3 Å². The van der Waals surface area contributed by atoms with Crippen molar-refractivity contribution in [3.63, 3.8) is 0 Å². The highest BCUT2D eigenvalue weighted by atomic mass is 19.2. The largest absolute Gasteiger partial charge is 0.490 e. The first-order chi connectivity index (χ1) is 14.7. The Kier molecular flexibility index (Phi) is 4.58. The van der Waals surface area contributed by atoms with E-state index in [2.05, 4.69) is 4.98 Å². The van der Waals surface area contributed by atoms with E-state index in [1.807, 2.05) is 42.3 Å². The zero-order valence-corrected chi connectivity index (χ0v) is 16.3. The van der Waals surface area contributed by atoms with Crippen LogP contribution in [0.2, 0.25) is 0 Å². The van der Waals surface area contributed by atoms with Gasteiger partial charge in [0.2, 0.25) is 6.23 Å². The van der Waals surface area contributed by atoms with Gasteiger partial charge in [0.25, 0.3) is 0 Å². The van der Waals surface area contributed by atoms with E-state index < -0.39 is 17.9 Å². The van der Waals surface area contributed by atoms with E-state index in [0.29, 0.717) is 30.1 Å². The van der Waals surface area contributed by atoms with Crippen LogP contribution in [0.4, 0.5) is 8.78 Å². The number of hydrogen-bond donors (Lipinski definition) is 0. The molecular formula is C23H19F2N3O2. The van der Waals surface area contributed by atoms with E-state index in [1.54, 1.807) is 12.4 Å². The minimum absolute atomic E-state index is 0.123. The molecule has 2 atom stereocenters. The molecule has 5 rings (SSSR count). The highest BCUT2D eigenvalue weighted by Crippen LogP contribution is 2.50. The first-order valence-corrected chi connectivity index (χ1v) is 9.79. The molecule has 3 aromatic rings. The average Bonchev–Trinajstić information content (AvgIpc) is 3.22. The fourth-order valence-electron chi connectivity index (χ4n) is 3.95. The van der Waals surface area contributed by atoms with E-state index in [1.165, 1.54) is 6.07 Å². The maximum atomic E-state index is 14.0. The lowest BCUT2D eigenvalue weighted by Gasteiger charge is -2.38. The van der Waals surface area contributed by atoms with Crippen molar-refractivity contribution in [1.29, 1.82) is 0 Å². The summed E-state index contributed by atoms with van der Waals surface area (Å²) in [5.41, 5.74) is 3.20. The third kappa shape index (κ3) is 3.07. The van der Waals surface area contributed by atoms with Gasteiger partial charge in [-0.15, -0.1) is 0 Å². The smallest absolute Gasteiger partial charge is 0.214 e. The molecule has 2 aliphatic heterocycles. The molecule has 0 fully saturated rings. The van der Waals surface area contributed by atoms with Gasteiger partial charge in [-0.3, -0.25) is 4.98 Å². The first-order valence-electron chi connectivity index (χ1n) is 9.79. The molecule has 2 aromatic carbocycles. The lowest BCUT2D eigenvalue weighted by atomic mass is 9.96. The molecule has 3 heterocycles. The molecule has 30 heavy (non-hydrogen) atoms. The molecule has 0 bridgehead atoms. The van der Waals surface area contributed by atoms with Gasteiger partial charge < -0.3 is 9.47 Å². The third-order valence-corrected chi connectivity index (χ3v) is 5.30. The topological polar surface area (TPSA) is 47.0 Å². The maximum Gasteiger partial charge on any atom is 0.214 e. The second-order valence-electron chi connectivity index (χ2n) is 7.14. The Bertz CT molecular complexity index is 1120. The van der Waals surface area contributed by atoms with Crippen LogP contribution in [-0.2, 0) is 0 Å². The second-order valence-corrected chi connectivity index (χ2v) is 7.14. The summed E-state index contributed by atoms with van der Waals surface area (Å²) in [6.45, 7) is 2.39. The number of hydrazone groups is 1. The van der Waals surface area contributed by atoms with Gasteiger partial charge in [-0.05, 0) is 31.2 Å². The van der Waals surface area contributed by atoms with Crippen LogP contribution in [0.3, 0.4) is 0 Å². The molecule has 0 amide bonds. The summed E-state index contributed by atoms with van der Waals surface area (Å²) in [4.78, 5) is 4.19. The summed E-state index contributed by atoms with van der Waals surface area (Å²) >= 11 is 0. The number of pyridine rings is 1. The zero-order chi connectivity index (χ0) is 20.7. The molecule has 7 heteroatoms. The number of hydrogen-bond acceptors (Lipinski definition) is 5. The molecule has 2 aliphatic rings. The van der Waals surface area contributed by atoms with Crippen molar-refractivity contribution in [1.82, 2.24) is 9.99 Å². The van der Waals surface area contributed by atoms with Crippen LogP contribution in [0.15, 0.2) is 66.0 Å². The molecule has 5 nitrogen and oxygen atoms in total. The van der Waals surface area contributed by atoms with Gasteiger partial charge in [0.1, 0.15) is 0 Å². The summed E-state index contributed by atoms with van der Waals surface area (Å²) in [6, 6.07) is 13.2. The van der Waals surface area contributed by atoms with Crippen LogP contribution in [0, 0.1) is 11.6 Å². The van der Waals surface area contributed by atoms with Crippen LogP contribution >= 0.6 is 0 Å².